The molecule has 0 aromatic carbocycles. The Morgan fingerprint density at radius 1 is 1.20 bits per heavy atom. The maximum absolute atomic E-state index is 10.7. The fraction of sp³-hybridized carbons (Fsp3) is 0.556. The van der Waals surface area contributed by atoms with Crippen molar-refractivity contribution in [2.45, 2.75) is 58.2 Å². The summed E-state index contributed by atoms with van der Waals surface area (Å²) in [6.45, 7) is 7.28. The number of unbranched alkanes of at least 4 members (excludes halogenated alkanes) is 3. The van der Waals surface area contributed by atoms with Gasteiger partial charge in [0, 0.05) is 5.92 Å². The van der Waals surface area contributed by atoms with Gasteiger partial charge in [0.25, 0.3) is 0 Å². The molecule has 0 amide bonds. The van der Waals surface area contributed by atoms with Crippen molar-refractivity contribution in [3.63, 3.8) is 0 Å². The number of hydrogen-bond acceptors (Lipinski definition) is 5. The molecule has 3 atom stereocenters. The van der Waals surface area contributed by atoms with Crippen LogP contribution in [0, 0.1) is 5.92 Å². The standard InChI is InChI=1S/C18H30O5S.Na/c1-4-6-7-8-9-10-11-12-13-15-17(19)16(3)18(14-5-2)23-24(20,21)22;/h5,9-13,15-19H,2,4,6-8,14H2,1,3H3,(H,20,21,22);/q;+1/p-1/b10-9+,12-11-,15-13-;/t16-,17-,18-;/m0./s1. The molecule has 0 spiro atoms. The summed E-state index contributed by atoms with van der Waals surface area (Å²) in [6.07, 6.45) is 15.3. The first-order chi connectivity index (χ1) is 11.3. The Kier molecular flexibility index (Phi) is 17.3. The second kappa shape index (κ2) is 16.0. The Hall–Kier alpha value is -0.210. The third-order valence-corrected chi connectivity index (χ3v) is 4.00. The second-order valence-electron chi connectivity index (χ2n) is 5.61. The number of aliphatic hydroxyl groups excluding tert-OH is 1. The first kappa shape index (κ1) is 27.0. The zero-order chi connectivity index (χ0) is 18.4. The Morgan fingerprint density at radius 2 is 1.84 bits per heavy atom. The van der Waals surface area contributed by atoms with Gasteiger partial charge in [0.2, 0.25) is 10.4 Å². The van der Waals surface area contributed by atoms with E-state index in [1.807, 2.05) is 12.2 Å². The van der Waals surface area contributed by atoms with Crippen molar-refractivity contribution >= 4 is 10.4 Å². The van der Waals surface area contributed by atoms with Crippen LogP contribution in [0.3, 0.4) is 0 Å². The molecule has 0 rings (SSSR count). The average Bonchev–Trinajstić information content (AvgIpc) is 2.50. The maximum Gasteiger partial charge on any atom is 1.00 e. The summed E-state index contributed by atoms with van der Waals surface area (Å²) in [5, 5.41) is 10.1. The van der Waals surface area contributed by atoms with Crippen LogP contribution >= 0.6 is 0 Å². The maximum atomic E-state index is 10.7. The molecule has 0 aliphatic heterocycles. The van der Waals surface area contributed by atoms with Crippen molar-refractivity contribution in [3.8, 4) is 0 Å². The molecule has 0 heterocycles. The minimum absolute atomic E-state index is 0. The molecule has 0 aromatic heterocycles. The van der Waals surface area contributed by atoms with Crippen LogP contribution in [0.2, 0.25) is 0 Å². The van der Waals surface area contributed by atoms with E-state index < -0.39 is 28.5 Å². The molecule has 0 fully saturated rings. The van der Waals surface area contributed by atoms with Crippen molar-refractivity contribution in [1.29, 1.82) is 0 Å². The van der Waals surface area contributed by atoms with Crippen molar-refractivity contribution < 1.29 is 51.8 Å². The first-order valence-electron chi connectivity index (χ1n) is 8.24. The van der Waals surface area contributed by atoms with Crippen LogP contribution in [0.4, 0.5) is 0 Å². The summed E-state index contributed by atoms with van der Waals surface area (Å²) < 4.78 is 36.7. The normalized spacial score (nSPS) is 16.2. The van der Waals surface area contributed by atoms with E-state index in [9.17, 15) is 18.1 Å². The SMILES string of the molecule is C=CC[C@H](OS(=O)(=O)[O-])[C@@H](C)[C@@H](O)\C=C/C=C\C=C\CCCCC.[Na+]. The van der Waals surface area contributed by atoms with E-state index in [1.165, 1.54) is 31.4 Å². The number of allylic oxidation sites excluding steroid dienone is 5. The molecule has 0 aliphatic rings. The molecule has 0 radical (unpaired) electrons. The minimum atomic E-state index is -4.82. The van der Waals surface area contributed by atoms with E-state index >= 15 is 0 Å². The summed E-state index contributed by atoms with van der Waals surface area (Å²) in [6, 6.07) is 0. The van der Waals surface area contributed by atoms with Crippen molar-refractivity contribution in [3.05, 3.63) is 49.1 Å². The van der Waals surface area contributed by atoms with Gasteiger partial charge in [-0.05, 0) is 19.3 Å². The summed E-state index contributed by atoms with van der Waals surface area (Å²) in [5.41, 5.74) is 0. The minimum Gasteiger partial charge on any atom is -0.726 e. The molecule has 1 N–H and O–H groups in total. The van der Waals surface area contributed by atoms with Gasteiger partial charge in [0.15, 0.2) is 0 Å². The van der Waals surface area contributed by atoms with E-state index in [1.54, 1.807) is 19.1 Å². The quantitative estimate of drug-likeness (QED) is 0.127. The molecule has 0 unspecified atom stereocenters. The Labute approximate surface area is 174 Å². The van der Waals surface area contributed by atoms with Crippen LogP contribution < -0.4 is 29.6 Å². The smallest absolute Gasteiger partial charge is 0.726 e. The monoisotopic (exact) mass is 380 g/mol. The van der Waals surface area contributed by atoms with Gasteiger partial charge in [-0.1, -0.05) is 69.2 Å². The molecule has 0 bridgehead atoms. The summed E-state index contributed by atoms with van der Waals surface area (Å²) >= 11 is 0. The van der Waals surface area contributed by atoms with Crippen molar-refractivity contribution in [1.82, 2.24) is 0 Å². The van der Waals surface area contributed by atoms with Crippen LogP contribution in [-0.2, 0) is 14.6 Å². The molecule has 5 nitrogen and oxygen atoms in total. The Bertz CT molecular complexity index is 526. The number of hydrogen-bond donors (Lipinski definition) is 1. The van der Waals surface area contributed by atoms with Crippen LogP contribution in [-0.4, -0.2) is 30.3 Å². The van der Waals surface area contributed by atoms with E-state index in [0.29, 0.717) is 0 Å². The van der Waals surface area contributed by atoms with E-state index in [2.05, 4.69) is 23.8 Å². The fourth-order valence-electron chi connectivity index (χ4n) is 2.05. The third-order valence-electron chi connectivity index (χ3n) is 3.52. The topological polar surface area (TPSA) is 86.7 Å². The molecule has 0 saturated carbocycles. The predicted molar refractivity (Wildman–Crippen MR) is 96.1 cm³/mol. The molecule has 25 heavy (non-hydrogen) atoms. The Balaban J connectivity index is 0. The molecular weight excluding hydrogens is 351 g/mol. The summed E-state index contributed by atoms with van der Waals surface area (Å²) in [7, 11) is -4.82. The molecule has 0 aliphatic carbocycles. The largest absolute Gasteiger partial charge is 1.00 e. The van der Waals surface area contributed by atoms with Crippen molar-refractivity contribution in [2.24, 2.45) is 5.92 Å². The van der Waals surface area contributed by atoms with Crippen molar-refractivity contribution in [2.75, 3.05) is 0 Å². The van der Waals surface area contributed by atoms with Crippen LogP contribution in [0.1, 0.15) is 46.0 Å². The molecule has 138 valence electrons. The summed E-state index contributed by atoms with van der Waals surface area (Å²) in [4.78, 5) is 0. The van der Waals surface area contributed by atoms with Gasteiger partial charge in [-0.15, -0.1) is 6.58 Å². The summed E-state index contributed by atoms with van der Waals surface area (Å²) in [5.74, 6) is -0.569. The van der Waals surface area contributed by atoms with Gasteiger partial charge in [-0.2, -0.15) is 0 Å². The van der Waals surface area contributed by atoms with Crippen LogP contribution in [0.15, 0.2) is 49.1 Å². The average molecular weight is 380 g/mol. The Morgan fingerprint density at radius 3 is 2.40 bits per heavy atom. The first-order valence-corrected chi connectivity index (χ1v) is 9.58. The molecule has 0 aromatic rings. The van der Waals surface area contributed by atoms with Gasteiger partial charge in [0.05, 0.1) is 12.2 Å². The predicted octanol–water partition coefficient (Wildman–Crippen LogP) is 0.658. The number of aliphatic hydroxyl groups is 1. The second-order valence-corrected chi connectivity index (χ2v) is 6.62. The zero-order valence-electron chi connectivity index (χ0n) is 15.5. The third kappa shape index (κ3) is 15.7. The molecule has 7 heteroatoms. The van der Waals surface area contributed by atoms with Gasteiger partial charge in [-0.3, -0.25) is 4.18 Å². The number of rotatable bonds is 13. The molecular formula is C18H29NaO5S. The van der Waals surface area contributed by atoms with Gasteiger partial charge in [0.1, 0.15) is 0 Å². The van der Waals surface area contributed by atoms with Gasteiger partial charge >= 0.3 is 29.6 Å². The van der Waals surface area contributed by atoms with E-state index in [0.717, 1.165) is 6.42 Å². The van der Waals surface area contributed by atoms with Crippen LogP contribution in [0.5, 0.6) is 0 Å². The van der Waals surface area contributed by atoms with Gasteiger partial charge in [-0.25, -0.2) is 8.42 Å². The zero-order valence-corrected chi connectivity index (χ0v) is 18.3. The van der Waals surface area contributed by atoms with Crippen LogP contribution in [0.25, 0.3) is 0 Å². The van der Waals surface area contributed by atoms with Gasteiger partial charge < -0.3 is 9.66 Å². The van der Waals surface area contributed by atoms with E-state index in [4.69, 9.17) is 0 Å². The molecule has 0 saturated heterocycles. The van der Waals surface area contributed by atoms with E-state index in [-0.39, 0.29) is 36.0 Å². The fourth-order valence-corrected chi connectivity index (χ4v) is 2.60.